The Morgan fingerprint density at radius 3 is 3.07 bits per heavy atom. The SMILES string of the molecule is C=CC(=N)c1cc2nc(C)ccc2o1. The Hall–Kier alpha value is -1.90. The van der Waals surface area contributed by atoms with E-state index in [0.29, 0.717) is 11.3 Å². The van der Waals surface area contributed by atoms with Crippen molar-refractivity contribution >= 4 is 16.8 Å². The average molecular weight is 186 g/mol. The molecule has 70 valence electrons. The summed E-state index contributed by atoms with van der Waals surface area (Å²) in [7, 11) is 0. The van der Waals surface area contributed by atoms with Crippen LogP contribution in [-0.4, -0.2) is 10.7 Å². The number of nitrogens with zero attached hydrogens (tertiary/aromatic N) is 1. The third-order valence-corrected chi connectivity index (χ3v) is 1.98. The summed E-state index contributed by atoms with van der Waals surface area (Å²) in [4.78, 5) is 4.29. The first kappa shape index (κ1) is 8.69. The van der Waals surface area contributed by atoms with Crippen LogP contribution in [0.2, 0.25) is 0 Å². The summed E-state index contributed by atoms with van der Waals surface area (Å²) in [5.74, 6) is 0.508. The molecule has 1 N–H and O–H groups in total. The minimum Gasteiger partial charge on any atom is -0.453 e. The number of nitrogens with one attached hydrogen (secondary N) is 1. The van der Waals surface area contributed by atoms with Crippen molar-refractivity contribution < 1.29 is 4.42 Å². The third-order valence-electron chi connectivity index (χ3n) is 1.98. The number of rotatable bonds is 2. The molecule has 14 heavy (non-hydrogen) atoms. The zero-order chi connectivity index (χ0) is 10.1. The van der Waals surface area contributed by atoms with Crippen molar-refractivity contribution in [2.45, 2.75) is 6.92 Å². The summed E-state index contributed by atoms with van der Waals surface area (Å²) < 4.78 is 5.42. The van der Waals surface area contributed by atoms with Gasteiger partial charge in [0.25, 0.3) is 0 Å². The average Bonchev–Trinajstić information content (AvgIpc) is 2.59. The van der Waals surface area contributed by atoms with Crippen molar-refractivity contribution in [3.8, 4) is 0 Å². The second kappa shape index (κ2) is 3.10. The van der Waals surface area contributed by atoms with Gasteiger partial charge in [-0.3, -0.25) is 5.41 Å². The topological polar surface area (TPSA) is 49.9 Å². The lowest BCUT2D eigenvalue weighted by atomic mass is 10.3. The fourth-order valence-electron chi connectivity index (χ4n) is 1.26. The highest BCUT2D eigenvalue weighted by molar-refractivity contribution is 6.05. The smallest absolute Gasteiger partial charge is 0.154 e. The molecule has 2 aromatic rings. The number of hydrogen-bond donors (Lipinski definition) is 1. The predicted octanol–water partition coefficient (Wildman–Crippen LogP) is 2.69. The fraction of sp³-hybridized carbons (Fsp3) is 0.0909. The van der Waals surface area contributed by atoms with Crippen molar-refractivity contribution in [1.82, 2.24) is 4.98 Å². The minimum absolute atomic E-state index is 0.278. The van der Waals surface area contributed by atoms with Gasteiger partial charge in [-0.15, -0.1) is 0 Å². The molecule has 0 aliphatic rings. The molecule has 0 atom stereocenters. The van der Waals surface area contributed by atoms with Crippen LogP contribution < -0.4 is 0 Å². The highest BCUT2D eigenvalue weighted by Gasteiger charge is 2.06. The van der Waals surface area contributed by atoms with E-state index in [1.54, 1.807) is 6.07 Å². The zero-order valence-electron chi connectivity index (χ0n) is 7.87. The molecular formula is C11H10N2O. The number of aromatic nitrogens is 1. The standard InChI is InChI=1S/C11H10N2O/c1-3-8(12)11-6-9-10(14-11)5-4-7(2)13-9/h3-6,12H,1H2,2H3. The maximum absolute atomic E-state index is 7.52. The van der Waals surface area contributed by atoms with E-state index in [1.807, 2.05) is 19.1 Å². The number of hydrogen-bond acceptors (Lipinski definition) is 3. The number of aryl methyl sites for hydroxylation is 1. The predicted molar refractivity (Wildman–Crippen MR) is 55.8 cm³/mol. The van der Waals surface area contributed by atoms with Crippen LogP contribution in [0.25, 0.3) is 11.1 Å². The van der Waals surface area contributed by atoms with Gasteiger partial charge in [-0.1, -0.05) is 6.58 Å². The van der Waals surface area contributed by atoms with Gasteiger partial charge in [-0.05, 0) is 25.1 Å². The van der Waals surface area contributed by atoms with Gasteiger partial charge in [0.05, 0.1) is 5.71 Å². The zero-order valence-corrected chi connectivity index (χ0v) is 7.87. The molecule has 2 aromatic heterocycles. The Balaban J connectivity index is 2.62. The molecule has 3 heteroatoms. The van der Waals surface area contributed by atoms with E-state index in [-0.39, 0.29) is 5.71 Å². The summed E-state index contributed by atoms with van der Waals surface area (Å²) in [6.45, 7) is 5.44. The summed E-state index contributed by atoms with van der Waals surface area (Å²) in [6.07, 6.45) is 1.45. The van der Waals surface area contributed by atoms with Crippen molar-refractivity contribution in [3.05, 3.63) is 42.3 Å². The van der Waals surface area contributed by atoms with Crippen LogP contribution in [0, 0.1) is 12.3 Å². The molecule has 0 aliphatic carbocycles. The largest absolute Gasteiger partial charge is 0.453 e. The minimum atomic E-state index is 0.278. The Morgan fingerprint density at radius 2 is 2.36 bits per heavy atom. The summed E-state index contributed by atoms with van der Waals surface area (Å²) >= 11 is 0. The lowest BCUT2D eigenvalue weighted by molar-refractivity contribution is 0.604. The molecule has 0 fully saturated rings. The van der Waals surface area contributed by atoms with Gasteiger partial charge in [0.1, 0.15) is 5.52 Å². The van der Waals surface area contributed by atoms with Gasteiger partial charge >= 0.3 is 0 Å². The first-order chi connectivity index (χ1) is 6.70. The van der Waals surface area contributed by atoms with Gasteiger partial charge < -0.3 is 4.42 Å². The lowest BCUT2D eigenvalue weighted by Crippen LogP contribution is -1.88. The van der Waals surface area contributed by atoms with Gasteiger partial charge in [-0.25, -0.2) is 4.98 Å². The van der Waals surface area contributed by atoms with Crippen molar-refractivity contribution in [1.29, 1.82) is 5.41 Å². The van der Waals surface area contributed by atoms with E-state index in [9.17, 15) is 0 Å². The molecule has 2 rings (SSSR count). The first-order valence-electron chi connectivity index (χ1n) is 4.29. The van der Waals surface area contributed by atoms with E-state index in [4.69, 9.17) is 9.83 Å². The second-order valence-corrected chi connectivity index (χ2v) is 3.06. The summed E-state index contributed by atoms with van der Waals surface area (Å²) in [5.41, 5.74) is 2.71. The molecular weight excluding hydrogens is 176 g/mol. The highest BCUT2D eigenvalue weighted by atomic mass is 16.3. The Kier molecular flexibility index (Phi) is 1.93. The quantitative estimate of drug-likeness (QED) is 0.733. The number of allylic oxidation sites excluding steroid dienone is 1. The highest BCUT2D eigenvalue weighted by Crippen LogP contribution is 2.18. The third kappa shape index (κ3) is 1.33. The van der Waals surface area contributed by atoms with E-state index < -0.39 is 0 Å². The molecule has 0 unspecified atom stereocenters. The number of pyridine rings is 1. The Bertz CT molecular complexity index is 511. The second-order valence-electron chi connectivity index (χ2n) is 3.06. The van der Waals surface area contributed by atoms with E-state index in [0.717, 1.165) is 11.2 Å². The van der Waals surface area contributed by atoms with Crippen LogP contribution >= 0.6 is 0 Å². The fourth-order valence-corrected chi connectivity index (χ4v) is 1.26. The summed E-state index contributed by atoms with van der Waals surface area (Å²) in [6, 6.07) is 5.50. The monoisotopic (exact) mass is 186 g/mol. The molecule has 3 nitrogen and oxygen atoms in total. The van der Waals surface area contributed by atoms with Crippen LogP contribution in [0.5, 0.6) is 0 Å². The Morgan fingerprint density at radius 1 is 1.57 bits per heavy atom. The molecule has 0 aliphatic heterocycles. The molecule has 0 aromatic carbocycles. The molecule has 0 saturated carbocycles. The van der Waals surface area contributed by atoms with Crippen LogP contribution in [0.15, 0.2) is 35.3 Å². The normalized spacial score (nSPS) is 10.4. The van der Waals surface area contributed by atoms with Crippen LogP contribution in [0.3, 0.4) is 0 Å². The molecule has 0 bridgehead atoms. The van der Waals surface area contributed by atoms with Crippen LogP contribution in [0.1, 0.15) is 11.5 Å². The summed E-state index contributed by atoms with van der Waals surface area (Å²) in [5, 5.41) is 7.52. The van der Waals surface area contributed by atoms with Gasteiger partial charge in [0.2, 0.25) is 0 Å². The van der Waals surface area contributed by atoms with Gasteiger partial charge in [0.15, 0.2) is 11.3 Å². The molecule has 2 heterocycles. The van der Waals surface area contributed by atoms with Crippen molar-refractivity contribution in [2.75, 3.05) is 0 Å². The van der Waals surface area contributed by atoms with Crippen molar-refractivity contribution in [3.63, 3.8) is 0 Å². The molecule has 0 radical (unpaired) electrons. The van der Waals surface area contributed by atoms with Gasteiger partial charge in [0, 0.05) is 11.8 Å². The molecule has 0 spiro atoms. The number of furan rings is 1. The maximum Gasteiger partial charge on any atom is 0.154 e. The van der Waals surface area contributed by atoms with E-state index in [2.05, 4.69) is 11.6 Å². The van der Waals surface area contributed by atoms with Crippen LogP contribution in [0.4, 0.5) is 0 Å². The van der Waals surface area contributed by atoms with E-state index in [1.165, 1.54) is 6.08 Å². The molecule has 0 saturated heterocycles. The van der Waals surface area contributed by atoms with E-state index >= 15 is 0 Å². The maximum atomic E-state index is 7.52. The lowest BCUT2D eigenvalue weighted by Gasteiger charge is -1.89. The molecule has 0 amide bonds. The van der Waals surface area contributed by atoms with Crippen molar-refractivity contribution in [2.24, 2.45) is 0 Å². The number of fused-ring (bicyclic) bond motifs is 1. The Labute approximate surface area is 81.6 Å². The van der Waals surface area contributed by atoms with Gasteiger partial charge in [-0.2, -0.15) is 0 Å². The van der Waals surface area contributed by atoms with Crippen LogP contribution in [-0.2, 0) is 0 Å². The first-order valence-corrected chi connectivity index (χ1v) is 4.29.